The SMILES string of the molecule is C/N=C/C(=C(/C)N)S(N)(=O)=O. The van der Waals surface area contributed by atoms with Crippen LogP contribution in [0.25, 0.3) is 0 Å². The molecule has 11 heavy (non-hydrogen) atoms. The highest BCUT2D eigenvalue weighted by Crippen LogP contribution is 2.00. The maximum absolute atomic E-state index is 10.7. The fourth-order valence-corrected chi connectivity index (χ4v) is 1.22. The Kier molecular flexibility index (Phi) is 3.21. The Morgan fingerprint density at radius 1 is 1.55 bits per heavy atom. The van der Waals surface area contributed by atoms with Gasteiger partial charge in [0, 0.05) is 19.0 Å². The maximum atomic E-state index is 10.7. The van der Waals surface area contributed by atoms with Crippen molar-refractivity contribution < 1.29 is 8.42 Å². The van der Waals surface area contributed by atoms with E-state index >= 15 is 0 Å². The average molecular weight is 177 g/mol. The molecule has 0 aromatic heterocycles. The zero-order chi connectivity index (χ0) is 9.07. The summed E-state index contributed by atoms with van der Waals surface area (Å²) in [4.78, 5) is 3.36. The van der Waals surface area contributed by atoms with E-state index in [1.807, 2.05) is 0 Å². The van der Waals surface area contributed by atoms with E-state index < -0.39 is 10.0 Å². The van der Waals surface area contributed by atoms with Crippen LogP contribution >= 0.6 is 0 Å². The minimum atomic E-state index is -3.72. The Hall–Kier alpha value is -0.880. The van der Waals surface area contributed by atoms with Gasteiger partial charge in [-0.05, 0) is 6.92 Å². The molecule has 0 aliphatic carbocycles. The number of aliphatic imine (C=N–C) groups is 1. The molecule has 0 rings (SSSR count). The van der Waals surface area contributed by atoms with Gasteiger partial charge in [0.05, 0.1) is 0 Å². The summed E-state index contributed by atoms with van der Waals surface area (Å²) in [6.07, 6.45) is 1.12. The molecule has 5 nitrogen and oxygen atoms in total. The summed E-state index contributed by atoms with van der Waals surface area (Å²) in [7, 11) is -2.28. The molecular weight excluding hydrogens is 166 g/mol. The van der Waals surface area contributed by atoms with Gasteiger partial charge in [-0.1, -0.05) is 0 Å². The highest BCUT2D eigenvalue weighted by Gasteiger charge is 2.10. The van der Waals surface area contributed by atoms with Gasteiger partial charge in [0.25, 0.3) is 0 Å². The first-order valence-electron chi connectivity index (χ1n) is 2.81. The molecule has 0 bridgehead atoms. The van der Waals surface area contributed by atoms with Crippen LogP contribution in [0.3, 0.4) is 0 Å². The fourth-order valence-electron chi connectivity index (χ4n) is 0.517. The molecule has 0 saturated heterocycles. The Morgan fingerprint density at radius 3 is 2.09 bits per heavy atom. The van der Waals surface area contributed by atoms with Crippen molar-refractivity contribution in [2.45, 2.75) is 6.92 Å². The van der Waals surface area contributed by atoms with Crippen molar-refractivity contribution in [3.63, 3.8) is 0 Å². The normalized spacial score (nSPS) is 15.2. The zero-order valence-electron chi connectivity index (χ0n) is 6.40. The van der Waals surface area contributed by atoms with Crippen molar-refractivity contribution in [3.8, 4) is 0 Å². The zero-order valence-corrected chi connectivity index (χ0v) is 7.22. The van der Waals surface area contributed by atoms with Crippen LogP contribution in [-0.4, -0.2) is 21.7 Å². The first-order valence-corrected chi connectivity index (χ1v) is 4.35. The van der Waals surface area contributed by atoms with Crippen LogP contribution in [-0.2, 0) is 10.0 Å². The molecule has 0 radical (unpaired) electrons. The fraction of sp³-hybridized carbons (Fsp3) is 0.400. The Labute approximate surface area is 65.8 Å². The molecule has 64 valence electrons. The third kappa shape index (κ3) is 3.15. The van der Waals surface area contributed by atoms with E-state index in [1.165, 1.54) is 14.0 Å². The topological polar surface area (TPSA) is 98.5 Å². The third-order valence-electron chi connectivity index (χ3n) is 0.942. The smallest absolute Gasteiger partial charge is 0.241 e. The number of primary sulfonamides is 1. The summed E-state index contributed by atoms with van der Waals surface area (Å²) in [5, 5.41) is 4.81. The minimum absolute atomic E-state index is 0.137. The summed E-state index contributed by atoms with van der Waals surface area (Å²) < 4.78 is 21.4. The predicted octanol–water partition coefficient (Wildman–Crippen LogP) is -0.834. The molecule has 0 spiro atoms. The van der Waals surface area contributed by atoms with Crippen molar-refractivity contribution >= 4 is 16.2 Å². The highest BCUT2D eigenvalue weighted by atomic mass is 32.2. The van der Waals surface area contributed by atoms with E-state index in [1.54, 1.807) is 0 Å². The molecule has 0 heterocycles. The number of hydrogen-bond acceptors (Lipinski definition) is 4. The summed E-state index contributed by atoms with van der Waals surface area (Å²) >= 11 is 0. The van der Waals surface area contributed by atoms with Gasteiger partial charge in [-0.25, -0.2) is 13.6 Å². The molecule has 0 amide bonds. The molecular formula is C5H11N3O2S. The van der Waals surface area contributed by atoms with Crippen molar-refractivity contribution in [2.75, 3.05) is 7.05 Å². The van der Waals surface area contributed by atoms with Crippen LogP contribution in [0.4, 0.5) is 0 Å². The third-order valence-corrected chi connectivity index (χ3v) is 1.98. The lowest BCUT2D eigenvalue weighted by atomic mass is 10.5. The highest BCUT2D eigenvalue weighted by molar-refractivity contribution is 7.94. The summed E-state index contributed by atoms with van der Waals surface area (Å²) in [6.45, 7) is 1.45. The predicted molar refractivity (Wildman–Crippen MR) is 44.4 cm³/mol. The molecule has 0 saturated carbocycles. The van der Waals surface area contributed by atoms with Crippen LogP contribution < -0.4 is 10.9 Å². The molecule has 4 N–H and O–H groups in total. The van der Waals surface area contributed by atoms with E-state index in [-0.39, 0.29) is 10.6 Å². The second-order valence-electron chi connectivity index (χ2n) is 1.98. The largest absolute Gasteiger partial charge is 0.401 e. The molecule has 6 heteroatoms. The Bertz CT molecular complexity index is 285. The van der Waals surface area contributed by atoms with Crippen LogP contribution in [0, 0.1) is 0 Å². The van der Waals surface area contributed by atoms with Crippen LogP contribution in [0.2, 0.25) is 0 Å². The average Bonchev–Trinajstić information content (AvgIpc) is 1.79. The van der Waals surface area contributed by atoms with Gasteiger partial charge in [-0.2, -0.15) is 0 Å². The molecule has 0 aliphatic heterocycles. The Balaban J connectivity index is 5.14. The van der Waals surface area contributed by atoms with Gasteiger partial charge in [0.1, 0.15) is 4.91 Å². The van der Waals surface area contributed by atoms with Crippen molar-refractivity contribution in [2.24, 2.45) is 15.9 Å². The van der Waals surface area contributed by atoms with E-state index in [9.17, 15) is 8.42 Å². The van der Waals surface area contributed by atoms with Gasteiger partial charge in [-0.15, -0.1) is 0 Å². The van der Waals surface area contributed by atoms with Gasteiger partial charge in [0.15, 0.2) is 0 Å². The van der Waals surface area contributed by atoms with Gasteiger partial charge in [-0.3, -0.25) is 4.99 Å². The summed E-state index contributed by atoms with van der Waals surface area (Å²) in [5.74, 6) is 0. The van der Waals surface area contributed by atoms with Crippen molar-refractivity contribution in [1.82, 2.24) is 0 Å². The molecule has 0 fully saturated rings. The van der Waals surface area contributed by atoms with E-state index in [0.717, 1.165) is 6.21 Å². The molecule has 0 aromatic carbocycles. The lowest BCUT2D eigenvalue weighted by molar-refractivity contribution is 0.605. The summed E-state index contributed by atoms with van der Waals surface area (Å²) in [5.41, 5.74) is 5.38. The maximum Gasteiger partial charge on any atom is 0.241 e. The minimum Gasteiger partial charge on any atom is -0.401 e. The van der Waals surface area contributed by atoms with E-state index in [4.69, 9.17) is 10.9 Å². The van der Waals surface area contributed by atoms with Crippen LogP contribution in [0.5, 0.6) is 0 Å². The number of allylic oxidation sites excluding steroid dienone is 2. The lowest BCUT2D eigenvalue weighted by Gasteiger charge is -1.99. The number of rotatable bonds is 2. The molecule has 0 aliphatic rings. The van der Waals surface area contributed by atoms with Gasteiger partial charge >= 0.3 is 0 Å². The van der Waals surface area contributed by atoms with Gasteiger partial charge < -0.3 is 5.73 Å². The van der Waals surface area contributed by atoms with Crippen molar-refractivity contribution in [3.05, 3.63) is 10.6 Å². The van der Waals surface area contributed by atoms with Crippen molar-refractivity contribution in [1.29, 1.82) is 0 Å². The molecule has 0 aromatic rings. The van der Waals surface area contributed by atoms with Gasteiger partial charge in [0.2, 0.25) is 10.0 Å². The number of sulfonamides is 1. The quantitative estimate of drug-likeness (QED) is 0.538. The van der Waals surface area contributed by atoms with Crippen LogP contribution in [0.1, 0.15) is 6.92 Å². The first-order chi connectivity index (χ1) is 4.89. The second kappa shape index (κ2) is 3.49. The second-order valence-corrected chi connectivity index (χ2v) is 3.51. The number of hydrogen-bond donors (Lipinski definition) is 2. The van der Waals surface area contributed by atoms with E-state index in [0.29, 0.717) is 0 Å². The number of nitrogens with two attached hydrogens (primary N) is 2. The monoisotopic (exact) mass is 177 g/mol. The lowest BCUT2D eigenvalue weighted by Crippen LogP contribution is -2.19. The molecule has 0 unspecified atom stereocenters. The first kappa shape index (κ1) is 10.1. The van der Waals surface area contributed by atoms with E-state index in [2.05, 4.69) is 4.99 Å². The number of nitrogens with zero attached hydrogens (tertiary/aromatic N) is 1. The Morgan fingerprint density at radius 2 is 2.00 bits per heavy atom. The summed E-state index contributed by atoms with van der Waals surface area (Å²) in [6, 6.07) is 0. The molecule has 0 atom stereocenters. The standard InChI is InChI=1S/C5H11N3O2S/c1-4(6)5(3-8-2)11(7,9)10/h3H,6H2,1-2H3,(H2,7,9,10)/b5-4+,8-3+. The van der Waals surface area contributed by atoms with Crippen LogP contribution in [0.15, 0.2) is 15.6 Å².